The zero-order valence-corrected chi connectivity index (χ0v) is 25.6. The lowest BCUT2D eigenvalue weighted by atomic mass is 9.79. The smallest absolute Gasteiger partial charge is 0.254 e. The number of hydrogen-bond donors (Lipinski definition) is 1. The molecule has 1 N–H and O–H groups in total. The molecule has 0 unspecified atom stereocenters. The number of aliphatic hydroxyl groups is 1. The van der Waals surface area contributed by atoms with Gasteiger partial charge in [-0.05, 0) is 108 Å². The highest BCUT2D eigenvalue weighted by Crippen LogP contribution is 2.43. The van der Waals surface area contributed by atoms with Crippen molar-refractivity contribution in [2.75, 3.05) is 6.54 Å². The van der Waals surface area contributed by atoms with Crippen molar-refractivity contribution >= 4 is 5.91 Å². The highest BCUT2D eigenvalue weighted by molar-refractivity contribution is 5.88. The molecule has 2 fully saturated rings. The molecule has 1 aromatic heterocycles. The van der Waals surface area contributed by atoms with Crippen molar-refractivity contribution < 1.29 is 23.8 Å². The number of β-lactam (4-membered cyclic amide) rings is 1. The summed E-state index contributed by atoms with van der Waals surface area (Å²) in [7, 11) is 1.68. The molecule has 224 valence electrons. The molecule has 1 aliphatic heterocycles. The number of aromatic nitrogens is 1. The molecule has 3 aromatic rings. The fraction of sp³-hybridized carbons (Fsp3) is 0.471. The third kappa shape index (κ3) is 5.82. The van der Waals surface area contributed by atoms with E-state index in [2.05, 4.69) is 0 Å². The first-order chi connectivity index (χ1) is 19.6. The van der Waals surface area contributed by atoms with E-state index in [1.807, 2.05) is 24.8 Å². The van der Waals surface area contributed by atoms with E-state index in [4.69, 9.17) is 9.47 Å². The lowest BCUT2D eigenvalue weighted by Crippen LogP contribution is -2.62. The van der Waals surface area contributed by atoms with Crippen molar-refractivity contribution in [1.29, 1.82) is 0 Å². The fourth-order valence-electron chi connectivity index (χ4n) is 6.10. The Bertz CT molecular complexity index is 1550. The zero-order chi connectivity index (χ0) is 30.6. The average molecular weight is 577 g/mol. The normalized spacial score (nSPS) is 20.3. The summed E-state index contributed by atoms with van der Waals surface area (Å²) in [4.78, 5) is 27.4. The largest absolute Gasteiger partial charge is 0.490 e. The van der Waals surface area contributed by atoms with Crippen LogP contribution in [0, 0.1) is 25.1 Å². The minimum Gasteiger partial charge on any atom is -0.490 e. The molecule has 0 bridgehead atoms. The summed E-state index contributed by atoms with van der Waals surface area (Å²) in [5.41, 5.74) is 1.67. The van der Waals surface area contributed by atoms with Gasteiger partial charge in [0.2, 0.25) is 5.91 Å². The Balaban J connectivity index is 1.49. The Labute approximate surface area is 246 Å². The number of aryl methyl sites for hydroxylation is 3. The lowest BCUT2D eigenvalue weighted by Gasteiger charge is -2.50. The highest BCUT2D eigenvalue weighted by Gasteiger charge is 2.47. The number of halogens is 1. The lowest BCUT2D eigenvalue weighted by molar-refractivity contribution is -0.162. The van der Waals surface area contributed by atoms with Crippen LogP contribution in [-0.2, 0) is 17.4 Å². The van der Waals surface area contributed by atoms with Gasteiger partial charge in [-0.25, -0.2) is 4.39 Å². The fourth-order valence-corrected chi connectivity index (χ4v) is 6.10. The summed E-state index contributed by atoms with van der Waals surface area (Å²) in [6.07, 6.45) is 4.84. The van der Waals surface area contributed by atoms with Crippen molar-refractivity contribution in [2.45, 2.75) is 85.0 Å². The predicted octanol–water partition coefficient (Wildman–Crippen LogP) is 6.39. The maximum Gasteiger partial charge on any atom is 0.254 e. The second-order valence-electron chi connectivity index (χ2n) is 13.1. The molecular weight excluding hydrogens is 535 g/mol. The van der Waals surface area contributed by atoms with Crippen LogP contribution in [0.1, 0.15) is 70.1 Å². The number of rotatable bonds is 7. The van der Waals surface area contributed by atoms with Gasteiger partial charge in [0, 0.05) is 43.0 Å². The van der Waals surface area contributed by atoms with E-state index in [9.17, 15) is 19.1 Å². The Morgan fingerprint density at radius 3 is 2.17 bits per heavy atom. The standard InChI is InChI=1S/C34H41FN2O5/c1-20-14-23(35)15-21(2)31(20)42-28-13-8-22(34(5,6)40)16-26(28)27-18-36(7)30(38)17-29(27)41-25-11-9-24(10-12-25)37-19-33(3,4)32(37)39/h8,13-18,24-25,40H,9-12,19H2,1-7H3/t24-,25-. The Hall–Kier alpha value is -3.65. The van der Waals surface area contributed by atoms with E-state index in [0.717, 1.165) is 32.2 Å². The van der Waals surface area contributed by atoms with Crippen molar-refractivity contribution in [3.63, 3.8) is 0 Å². The van der Waals surface area contributed by atoms with Gasteiger partial charge in [-0.2, -0.15) is 0 Å². The third-order valence-corrected chi connectivity index (χ3v) is 8.59. The van der Waals surface area contributed by atoms with Crippen LogP contribution in [0.15, 0.2) is 47.4 Å². The SMILES string of the molecule is Cc1cc(F)cc(C)c1Oc1ccc(C(C)(C)O)cc1-c1cn(C)c(=O)cc1O[C@H]1CC[C@H](N2CC(C)(C)C2=O)CC1. The van der Waals surface area contributed by atoms with E-state index in [0.29, 0.717) is 45.1 Å². The summed E-state index contributed by atoms with van der Waals surface area (Å²) < 4.78 is 28.5. The summed E-state index contributed by atoms with van der Waals surface area (Å²) in [6, 6.07) is 10.0. The maximum atomic E-state index is 14.0. The first-order valence-electron chi connectivity index (χ1n) is 14.6. The maximum absolute atomic E-state index is 14.0. The number of carbonyl (C=O) groups excluding carboxylic acids is 1. The van der Waals surface area contributed by atoms with Gasteiger partial charge in [-0.15, -0.1) is 0 Å². The number of likely N-dealkylation sites (tertiary alicyclic amines) is 1. The second kappa shape index (κ2) is 10.9. The second-order valence-corrected chi connectivity index (χ2v) is 13.1. The van der Waals surface area contributed by atoms with E-state index in [-0.39, 0.29) is 34.8 Å². The number of amides is 1. The molecule has 7 nitrogen and oxygen atoms in total. The van der Waals surface area contributed by atoms with Gasteiger partial charge in [0.05, 0.1) is 17.1 Å². The first-order valence-corrected chi connectivity index (χ1v) is 14.6. The molecule has 2 aliphatic rings. The van der Waals surface area contributed by atoms with Crippen molar-refractivity contribution in [3.05, 3.63) is 75.5 Å². The molecule has 5 rings (SSSR count). The Morgan fingerprint density at radius 2 is 1.60 bits per heavy atom. The molecule has 0 spiro atoms. The van der Waals surface area contributed by atoms with Gasteiger partial charge < -0.3 is 24.0 Å². The van der Waals surface area contributed by atoms with Crippen LogP contribution in [0.25, 0.3) is 11.1 Å². The van der Waals surface area contributed by atoms with Crippen LogP contribution < -0.4 is 15.0 Å². The third-order valence-electron chi connectivity index (χ3n) is 8.59. The molecule has 1 aliphatic carbocycles. The van der Waals surface area contributed by atoms with Gasteiger partial charge in [0.25, 0.3) is 5.56 Å². The quantitative estimate of drug-likeness (QED) is 0.330. The number of carbonyl (C=O) groups is 1. The zero-order valence-electron chi connectivity index (χ0n) is 25.6. The summed E-state index contributed by atoms with van der Waals surface area (Å²) in [6.45, 7) is 11.8. The van der Waals surface area contributed by atoms with Gasteiger partial charge in [0.1, 0.15) is 23.1 Å². The van der Waals surface area contributed by atoms with Crippen LogP contribution in [0.3, 0.4) is 0 Å². The summed E-state index contributed by atoms with van der Waals surface area (Å²) in [5.74, 6) is 1.36. The van der Waals surface area contributed by atoms with Gasteiger partial charge in [-0.1, -0.05) is 6.07 Å². The number of nitrogens with zero attached hydrogens (tertiary/aromatic N) is 2. The van der Waals surface area contributed by atoms with Crippen molar-refractivity contribution in [3.8, 4) is 28.4 Å². The number of pyridine rings is 1. The van der Waals surface area contributed by atoms with E-state index < -0.39 is 5.60 Å². The molecule has 8 heteroatoms. The van der Waals surface area contributed by atoms with Crippen LogP contribution in [0.4, 0.5) is 4.39 Å². The molecule has 2 aromatic carbocycles. The number of hydrogen-bond acceptors (Lipinski definition) is 5. The van der Waals surface area contributed by atoms with Crippen molar-refractivity contribution in [1.82, 2.24) is 9.47 Å². The molecule has 1 saturated heterocycles. The average Bonchev–Trinajstić information content (AvgIpc) is 2.91. The van der Waals surface area contributed by atoms with Gasteiger partial charge >= 0.3 is 0 Å². The molecular formula is C34H41FN2O5. The summed E-state index contributed by atoms with van der Waals surface area (Å²) >= 11 is 0. The van der Waals surface area contributed by atoms with Crippen molar-refractivity contribution in [2.24, 2.45) is 12.5 Å². The predicted molar refractivity (Wildman–Crippen MR) is 160 cm³/mol. The number of benzene rings is 2. The summed E-state index contributed by atoms with van der Waals surface area (Å²) in [5, 5.41) is 10.8. The molecule has 2 heterocycles. The Morgan fingerprint density at radius 1 is 0.952 bits per heavy atom. The molecule has 42 heavy (non-hydrogen) atoms. The van der Waals surface area contributed by atoms with Crippen LogP contribution >= 0.6 is 0 Å². The monoisotopic (exact) mass is 576 g/mol. The van der Waals surface area contributed by atoms with Crippen LogP contribution in [0.5, 0.6) is 17.2 Å². The molecule has 0 atom stereocenters. The molecule has 0 radical (unpaired) electrons. The molecule has 1 amide bonds. The van der Waals surface area contributed by atoms with Crippen LogP contribution in [-0.4, -0.2) is 39.2 Å². The Kier molecular flexibility index (Phi) is 7.73. The first kappa shape index (κ1) is 29.8. The topological polar surface area (TPSA) is 81.0 Å². The van der Waals surface area contributed by atoms with Crippen LogP contribution in [0.2, 0.25) is 0 Å². The van der Waals surface area contributed by atoms with E-state index in [1.165, 1.54) is 22.8 Å². The highest BCUT2D eigenvalue weighted by atomic mass is 19.1. The van der Waals surface area contributed by atoms with Gasteiger partial charge in [0.15, 0.2) is 0 Å². The van der Waals surface area contributed by atoms with E-state index >= 15 is 0 Å². The number of ether oxygens (including phenoxy) is 2. The minimum atomic E-state index is -1.13. The van der Waals surface area contributed by atoms with Gasteiger partial charge in [-0.3, -0.25) is 9.59 Å². The molecule has 1 saturated carbocycles. The minimum absolute atomic E-state index is 0.111. The van der Waals surface area contributed by atoms with E-state index in [1.54, 1.807) is 53.1 Å².